The number of amides is 2. The second-order valence-corrected chi connectivity index (χ2v) is 10.2. The summed E-state index contributed by atoms with van der Waals surface area (Å²) in [6.45, 7) is 1.62. The molecule has 8 N–H and O–H groups in total. The number of primary amides is 1. The summed E-state index contributed by atoms with van der Waals surface area (Å²) >= 11 is 2.99. The Morgan fingerprint density at radius 2 is 1.81 bits per heavy atom. The van der Waals surface area contributed by atoms with E-state index in [9.17, 15) is 44.7 Å². The summed E-state index contributed by atoms with van der Waals surface area (Å²) in [7, 11) is 2.87. The maximum Gasteiger partial charge on any atom is 0.255 e. The number of phenols is 1. The third-order valence-corrected chi connectivity index (χ3v) is 8.03. The molecule has 3 aliphatic rings. The number of aromatic hydroxyl groups is 1. The molecule has 1 aromatic carbocycles. The Bertz CT molecular complexity index is 1320. The van der Waals surface area contributed by atoms with Gasteiger partial charge in [-0.25, -0.2) is 0 Å². The number of aliphatic hydroxyl groups excluding tert-OH is 3. The molecule has 1 fully saturated rings. The molecule has 6 atom stereocenters. The van der Waals surface area contributed by atoms with Crippen molar-refractivity contribution in [2.75, 3.05) is 24.7 Å². The van der Waals surface area contributed by atoms with Crippen molar-refractivity contribution in [1.29, 1.82) is 0 Å². The number of Topliss-reactive ketones (excluding diaryl/α,β-unsaturated/α-hetero) is 2. The van der Waals surface area contributed by atoms with Gasteiger partial charge < -0.3 is 36.6 Å². The zero-order chi connectivity index (χ0) is 27.7. The van der Waals surface area contributed by atoms with Gasteiger partial charge in [-0.05, 0) is 31.6 Å². The number of phenolic OH excluding ortho intramolecular Hbond substituents is 1. The van der Waals surface area contributed by atoms with Gasteiger partial charge in [-0.2, -0.15) is 0 Å². The molecule has 37 heavy (non-hydrogen) atoms. The lowest BCUT2D eigenvalue weighted by Gasteiger charge is -2.53. The van der Waals surface area contributed by atoms with E-state index in [0.717, 1.165) is 0 Å². The van der Waals surface area contributed by atoms with Gasteiger partial charge in [0.1, 0.15) is 22.8 Å². The Morgan fingerprint density at radius 3 is 2.35 bits per heavy atom. The van der Waals surface area contributed by atoms with Crippen LogP contribution in [0.1, 0.15) is 24.0 Å². The predicted octanol–water partition coefficient (Wildman–Crippen LogP) is -0.171. The zero-order valence-corrected chi connectivity index (χ0v) is 21.6. The number of halogens is 1. The van der Waals surface area contributed by atoms with Crippen LogP contribution in [0, 0.1) is 11.8 Å². The fraction of sp³-hybridized carbons (Fsp3) is 0.417. The minimum atomic E-state index is -2.99. The molecule has 0 bridgehead atoms. The Balaban J connectivity index is 2.01. The molecule has 1 aromatic rings. The molecule has 198 valence electrons. The van der Waals surface area contributed by atoms with E-state index in [1.165, 1.54) is 31.1 Å². The molecule has 0 aromatic heterocycles. The van der Waals surface area contributed by atoms with E-state index in [2.05, 4.69) is 21.2 Å². The van der Waals surface area contributed by atoms with E-state index in [0.29, 0.717) is 5.56 Å². The SMILES string of the molecule is C[C@H]1c2ccc(NC(=O)CBr)c(O)c2C(O)=C2C(=O)[C@]3(O)C(O)=C(C(N)=O)C(=O)[C@@H](N(C)C)[C@@H]3[C@@H](O)C21. The number of benzene rings is 1. The molecular formula is C24H26BrN3O9. The molecule has 3 aliphatic carbocycles. The number of anilines is 1. The minimum absolute atomic E-state index is 0.0592. The van der Waals surface area contributed by atoms with Crippen LogP contribution in [0.15, 0.2) is 29.0 Å². The second-order valence-electron chi connectivity index (χ2n) is 9.66. The van der Waals surface area contributed by atoms with Crippen molar-refractivity contribution < 1.29 is 44.7 Å². The Kier molecular flexibility index (Phi) is 6.47. The number of nitrogens with zero attached hydrogens (tertiary/aromatic N) is 1. The van der Waals surface area contributed by atoms with Gasteiger partial charge in [0.25, 0.3) is 5.91 Å². The van der Waals surface area contributed by atoms with E-state index in [1.54, 1.807) is 6.92 Å². The second kappa shape index (κ2) is 8.94. The first kappa shape index (κ1) is 26.8. The van der Waals surface area contributed by atoms with Crippen LogP contribution in [0.5, 0.6) is 5.75 Å². The first-order valence-electron chi connectivity index (χ1n) is 11.3. The quantitative estimate of drug-likeness (QED) is 0.142. The van der Waals surface area contributed by atoms with Crippen LogP contribution in [0.25, 0.3) is 5.76 Å². The van der Waals surface area contributed by atoms with Gasteiger partial charge >= 0.3 is 0 Å². The lowest BCUT2D eigenvalue weighted by Crippen LogP contribution is -2.70. The van der Waals surface area contributed by atoms with Crippen LogP contribution in [-0.2, 0) is 19.2 Å². The maximum atomic E-state index is 13.9. The topological polar surface area (TPSA) is 211 Å². The van der Waals surface area contributed by atoms with Crippen LogP contribution in [0.3, 0.4) is 0 Å². The Hall–Kier alpha value is -3.26. The van der Waals surface area contributed by atoms with Gasteiger partial charge in [-0.3, -0.25) is 24.1 Å². The van der Waals surface area contributed by atoms with Crippen molar-refractivity contribution in [3.05, 3.63) is 40.2 Å². The number of carbonyl (C=O) groups excluding carboxylic acids is 4. The van der Waals surface area contributed by atoms with Crippen LogP contribution in [-0.4, -0.2) is 91.0 Å². The van der Waals surface area contributed by atoms with Crippen molar-refractivity contribution in [3.8, 4) is 5.75 Å². The van der Waals surface area contributed by atoms with E-state index >= 15 is 0 Å². The standard InChI is InChI=1S/C24H26BrN3O9/c1-7-8-4-5-9(27-10(29)6-25)17(30)12(8)18(31)13-11(7)19(32)15-16(28(2)3)20(33)14(23(26)36)22(35)24(15,37)21(13)34/h4-5,7,11,15-16,19,30-32,35,37H,6H2,1-3H3,(H2,26,36)(H,27,29)/t7-,11?,15+,16-,19-,24-/m0/s1. The van der Waals surface area contributed by atoms with Crippen LogP contribution < -0.4 is 11.1 Å². The number of alkyl halides is 1. The summed E-state index contributed by atoms with van der Waals surface area (Å²) in [4.78, 5) is 52.2. The number of carbonyl (C=O) groups is 4. The number of ketones is 2. The highest BCUT2D eigenvalue weighted by Gasteiger charge is 2.68. The van der Waals surface area contributed by atoms with Crippen LogP contribution in [0.2, 0.25) is 0 Å². The first-order valence-corrected chi connectivity index (χ1v) is 12.4. The summed E-state index contributed by atoms with van der Waals surface area (Å²) in [5.41, 5.74) is 0.883. The molecule has 0 aliphatic heterocycles. The molecule has 13 heteroatoms. The third-order valence-electron chi connectivity index (χ3n) is 7.52. The maximum absolute atomic E-state index is 13.9. The fourth-order valence-corrected chi connectivity index (χ4v) is 6.04. The number of nitrogens with two attached hydrogens (primary N) is 1. The summed E-state index contributed by atoms with van der Waals surface area (Å²) in [6, 6.07) is 1.49. The number of likely N-dealkylation sites (N-methyl/N-ethyl adjacent to an activating group) is 1. The number of rotatable bonds is 4. The number of hydrogen-bond acceptors (Lipinski definition) is 10. The van der Waals surface area contributed by atoms with Gasteiger partial charge in [-0.15, -0.1) is 0 Å². The minimum Gasteiger partial charge on any atom is -0.508 e. The number of hydrogen-bond donors (Lipinski definition) is 7. The normalized spacial score (nSPS) is 31.2. The molecule has 0 radical (unpaired) electrons. The average Bonchev–Trinajstić information content (AvgIpc) is 2.82. The molecule has 1 unspecified atom stereocenters. The van der Waals surface area contributed by atoms with Gasteiger partial charge in [0.15, 0.2) is 11.4 Å². The van der Waals surface area contributed by atoms with Crippen molar-refractivity contribution in [3.63, 3.8) is 0 Å². The van der Waals surface area contributed by atoms with Gasteiger partial charge in [0.05, 0.1) is 34.6 Å². The van der Waals surface area contributed by atoms with Crippen LogP contribution in [0.4, 0.5) is 5.69 Å². The molecule has 0 spiro atoms. The Morgan fingerprint density at radius 1 is 1.19 bits per heavy atom. The van der Waals surface area contributed by atoms with Gasteiger partial charge in [0, 0.05) is 11.5 Å². The highest BCUT2D eigenvalue weighted by molar-refractivity contribution is 9.09. The van der Waals surface area contributed by atoms with Crippen molar-refractivity contribution in [1.82, 2.24) is 4.90 Å². The summed E-state index contributed by atoms with van der Waals surface area (Å²) in [5, 5.41) is 58.6. The summed E-state index contributed by atoms with van der Waals surface area (Å²) in [5.74, 6) is -10.3. The largest absolute Gasteiger partial charge is 0.508 e. The number of nitrogens with one attached hydrogen (secondary N) is 1. The van der Waals surface area contributed by atoms with Crippen molar-refractivity contribution >= 4 is 50.8 Å². The summed E-state index contributed by atoms with van der Waals surface area (Å²) < 4.78 is 0. The number of fused-ring (bicyclic) bond motifs is 3. The highest BCUT2D eigenvalue weighted by atomic mass is 79.9. The third kappa shape index (κ3) is 3.52. The van der Waals surface area contributed by atoms with E-state index in [-0.39, 0.29) is 16.6 Å². The van der Waals surface area contributed by atoms with Gasteiger partial charge in [0.2, 0.25) is 11.7 Å². The first-order chi connectivity index (χ1) is 17.2. The van der Waals surface area contributed by atoms with E-state index < -0.39 is 87.3 Å². The molecule has 1 saturated carbocycles. The summed E-state index contributed by atoms with van der Waals surface area (Å²) in [6.07, 6.45) is -1.68. The lowest BCUT2D eigenvalue weighted by molar-refractivity contribution is -0.169. The molecule has 0 saturated heterocycles. The number of aliphatic hydroxyl groups is 4. The van der Waals surface area contributed by atoms with Crippen molar-refractivity contribution in [2.45, 2.75) is 30.6 Å². The smallest absolute Gasteiger partial charge is 0.255 e. The zero-order valence-electron chi connectivity index (χ0n) is 20.0. The van der Waals surface area contributed by atoms with E-state index in [1.807, 2.05) is 0 Å². The lowest BCUT2D eigenvalue weighted by atomic mass is 9.54. The predicted molar refractivity (Wildman–Crippen MR) is 133 cm³/mol. The fourth-order valence-electron chi connectivity index (χ4n) is 5.90. The highest BCUT2D eigenvalue weighted by Crippen LogP contribution is 2.56. The Labute approximate surface area is 219 Å². The average molecular weight is 580 g/mol. The van der Waals surface area contributed by atoms with Gasteiger partial charge in [-0.1, -0.05) is 28.9 Å². The molecule has 4 rings (SSSR count). The monoisotopic (exact) mass is 579 g/mol. The molecule has 0 heterocycles. The molecule has 12 nitrogen and oxygen atoms in total. The van der Waals surface area contributed by atoms with E-state index in [4.69, 9.17) is 5.73 Å². The van der Waals surface area contributed by atoms with Crippen LogP contribution >= 0.6 is 15.9 Å². The molecule has 2 amide bonds. The van der Waals surface area contributed by atoms with Crippen molar-refractivity contribution in [2.24, 2.45) is 17.6 Å². The molecular weight excluding hydrogens is 554 g/mol.